The highest BCUT2D eigenvalue weighted by Crippen LogP contribution is 2.33. The monoisotopic (exact) mass is 449 g/mol. The van der Waals surface area contributed by atoms with Crippen LogP contribution >= 0.6 is 11.3 Å². The van der Waals surface area contributed by atoms with Gasteiger partial charge in [-0.25, -0.2) is 18.4 Å². The number of pyridine rings is 1. The van der Waals surface area contributed by atoms with Gasteiger partial charge in [-0.05, 0) is 61.0 Å². The van der Waals surface area contributed by atoms with Crippen LogP contribution in [0.15, 0.2) is 65.7 Å². The van der Waals surface area contributed by atoms with E-state index < -0.39 is 26.7 Å². The van der Waals surface area contributed by atoms with Gasteiger partial charge < -0.3 is 0 Å². The number of hydrogen-bond acceptors (Lipinski definition) is 5. The van der Waals surface area contributed by atoms with E-state index in [1.54, 1.807) is 37.4 Å². The van der Waals surface area contributed by atoms with Crippen LogP contribution in [0.3, 0.4) is 0 Å². The second-order valence-electron chi connectivity index (χ2n) is 6.51. The summed E-state index contributed by atoms with van der Waals surface area (Å²) in [6, 6.07) is 12.3. The number of fused-ring (bicyclic) bond motifs is 1. The standard InChI is InChI=1S/C20H14F3N3O2S2/c1-12-10-13(18-25-17-6-3-9-24-19(17)29-18)7-8-16(12)26-30(27,28)15-5-2-4-14(11-15)20(21,22)23/h2-11,26H,1H3. The molecule has 4 aromatic rings. The molecule has 4 rings (SSSR count). The van der Waals surface area contributed by atoms with Crippen LogP contribution in [0.4, 0.5) is 18.9 Å². The van der Waals surface area contributed by atoms with E-state index >= 15 is 0 Å². The zero-order valence-electron chi connectivity index (χ0n) is 15.4. The van der Waals surface area contributed by atoms with Crippen LogP contribution in [-0.4, -0.2) is 18.4 Å². The van der Waals surface area contributed by atoms with Crippen molar-refractivity contribution < 1.29 is 21.6 Å². The topological polar surface area (TPSA) is 72.0 Å². The van der Waals surface area contributed by atoms with Crippen molar-refractivity contribution in [2.75, 3.05) is 4.72 Å². The first-order chi connectivity index (χ1) is 14.1. The van der Waals surface area contributed by atoms with E-state index in [0.717, 1.165) is 39.1 Å². The molecule has 0 radical (unpaired) electrons. The summed E-state index contributed by atoms with van der Waals surface area (Å²) in [7, 11) is -4.19. The quantitative estimate of drug-likeness (QED) is 0.447. The number of anilines is 1. The maximum Gasteiger partial charge on any atom is 0.416 e. The van der Waals surface area contributed by atoms with E-state index in [9.17, 15) is 21.6 Å². The molecule has 0 atom stereocenters. The lowest BCUT2D eigenvalue weighted by Crippen LogP contribution is -2.15. The largest absolute Gasteiger partial charge is 0.416 e. The molecule has 0 saturated heterocycles. The zero-order chi connectivity index (χ0) is 21.5. The molecule has 154 valence electrons. The Morgan fingerprint density at radius 2 is 1.83 bits per heavy atom. The number of halogens is 3. The number of aromatic nitrogens is 2. The van der Waals surface area contributed by atoms with Crippen molar-refractivity contribution in [2.45, 2.75) is 18.0 Å². The molecule has 1 N–H and O–H groups in total. The maximum absolute atomic E-state index is 12.9. The molecule has 0 aliphatic rings. The number of benzene rings is 2. The number of alkyl halides is 3. The van der Waals surface area contributed by atoms with Crippen LogP contribution < -0.4 is 4.72 Å². The predicted octanol–water partition coefficient (Wildman–Crippen LogP) is 5.49. The minimum atomic E-state index is -4.63. The molecule has 0 aliphatic heterocycles. The minimum absolute atomic E-state index is 0.274. The van der Waals surface area contributed by atoms with Gasteiger partial charge in [0.1, 0.15) is 15.4 Å². The summed E-state index contributed by atoms with van der Waals surface area (Å²) in [6.45, 7) is 1.71. The summed E-state index contributed by atoms with van der Waals surface area (Å²) in [6.07, 6.45) is -2.95. The molecule has 2 heterocycles. The first kappa shape index (κ1) is 20.3. The Morgan fingerprint density at radius 1 is 1.03 bits per heavy atom. The average molecular weight is 449 g/mol. The molecule has 0 unspecified atom stereocenters. The van der Waals surface area contributed by atoms with Gasteiger partial charge in [0.25, 0.3) is 10.0 Å². The van der Waals surface area contributed by atoms with Crippen molar-refractivity contribution >= 4 is 37.4 Å². The summed E-state index contributed by atoms with van der Waals surface area (Å²) >= 11 is 1.41. The van der Waals surface area contributed by atoms with Gasteiger partial charge in [-0.1, -0.05) is 17.4 Å². The van der Waals surface area contributed by atoms with E-state index in [-0.39, 0.29) is 5.69 Å². The number of nitrogens with zero attached hydrogens (tertiary/aromatic N) is 2. The molecule has 30 heavy (non-hydrogen) atoms. The summed E-state index contributed by atoms with van der Waals surface area (Å²) in [5.74, 6) is 0. The lowest BCUT2D eigenvalue weighted by molar-refractivity contribution is -0.137. The Balaban J connectivity index is 1.63. The minimum Gasteiger partial charge on any atom is -0.279 e. The van der Waals surface area contributed by atoms with E-state index in [0.29, 0.717) is 11.6 Å². The van der Waals surface area contributed by atoms with Crippen LogP contribution in [0.2, 0.25) is 0 Å². The molecule has 0 spiro atoms. The van der Waals surface area contributed by atoms with Crippen LogP contribution in [-0.2, 0) is 16.2 Å². The van der Waals surface area contributed by atoms with Crippen molar-refractivity contribution in [2.24, 2.45) is 0 Å². The Morgan fingerprint density at radius 3 is 2.53 bits per heavy atom. The van der Waals surface area contributed by atoms with Crippen molar-refractivity contribution in [1.29, 1.82) is 0 Å². The predicted molar refractivity (Wildman–Crippen MR) is 110 cm³/mol. The molecule has 0 bridgehead atoms. The van der Waals surface area contributed by atoms with E-state index in [4.69, 9.17) is 0 Å². The maximum atomic E-state index is 12.9. The van der Waals surface area contributed by atoms with Gasteiger partial charge in [-0.2, -0.15) is 13.2 Å². The molecule has 10 heteroatoms. The molecular formula is C20H14F3N3O2S2. The highest BCUT2D eigenvalue weighted by atomic mass is 32.2. The van der Waals surface area contributed by atoms with Crippen molar-refractivity contribution in [3.63, 3.8) is 0 Å². The van der Waals surface area contributed by atoms with Crippen LogP contribution in [0.5, 0.6) is 0 Å². The van der Waals surface area contributed by atoms with Crippen molar-refractivity contribution in [1.82, 2.24) is 9.97 Å². The third-order valence-electron chi connectivity index (χ3n) is 4.36. The highest BCUT2D eigenvalue weighted by Gasteiger charge is 2.31. The number of rotatable bonds is 4. The Kier molecular flexibility index (Phi) is 4.99. The Labute approximate surface area is 174 Å². The third-order valence-corrected chi connectivity index (χ3v) is 6.75. The number of nitrogens with one attached hydrogen (secondary N) is 1. The summed E-state index contributed by atoms with van der Waals surface area (Å²) in [5.41, 5.74) is 1.41. The van der Waals surface area contributed by atoms with Gasteiger partial charge in [0.05, 0.1) is 16.1 Å². The second kappa shape index (κ2) is 7.37. The van der Waals surface area contributed by atoms with Crippen LogP contribution in [0.1, 0.15) is 11.1 Å². The van der Waals surface area contributed by atoms with Crippen molar-refractivity contribution in [3.8, 4) is 10.6 Å². The second-order valence-corrected chi connectivity index (χ2v) is 9.17. The Bertz CT molecular complexity index is 1320. The molecular weight excluding hydrogens is 435 g/mol. The van der Waals surface area contributed by atoms with Gasteiger partial charge in [0.2, 0.25) is 0 Å². The first-order valence-corrected chi connectivity index (χ1v) is 11.0. The molecule has 0 amide bonds. The number of sulfonamides is 1. The fraction of sp³-hybridized carbons (Fsp3) is 0.100. The van der Waals surface area contributed by atoms with Gasteiger partial charge in [-0.3, -0.25) is 4.72 Å². The molecule has 0 fully saturated rings. The van der Waals surface area contributed by atoms with Gasteiger partial charge >= 0.3 is 6.18 Å². The smallest absolute Gasteiger partial charge is 0.279 e. The van der Waals surface area contributed by atoms with Gasteiger partial charge in [0.15, 0.2) is 0 Å². The lowest BCUT2D eigenvalue weighted by Gasteiger charge is -2.13. The SMILES string of the molecule is Cc1cc(-c2nc3cccnc3s2)ccc1NS(=O)(=O)c1cccc(C(F)(F)F)c1. The number of thiazole rings is 1. The Hall–Kier alpha value is -2.98. The lowest BCUT2D eigenvalue weighted by atomic mass is 10.1. The average Bonchev–Trinajstić information content (AvgIpc) is 3.13. The molecule has 2 aromatic heterocycles. The molecule has 0 aliphatic carbocycles. The first-order valence-electron chi connectivity index (χ1n) is 8.66. The number of aryl methyl sites for hydroxylation is 1. The summed E-state index contributed by atoms with van der Waals surface area (Å²) in [4.78, 5) is 9.11. The van der Waals surface area contributed by atoms with E-state index in [1.165, 1.54) is 11.3 Å². The normalized spacial score (nSPS) is 12.3. The van der Waals surface area contributed by atoms with Crippen LogP contribution in [0, 0.1) is 6.92 Å². The highest BCUT2D eigenvalue weighted by molar-refractivity contribution is 7.92. The van der Waals surface area contributed by atoms with Crippen molar-refractivity contribution in [3.05, 3.63) is 71.9 Å². The third kappa shape index (κ3) is 4.01. The molecule has 2 aromatic carbocycles. The van der Waals surface area contributed by atoms with Gasteiger partial charge in [-0.15, -0.1) is 0 Å². The fourth-order valence-corrected chi connectivity index (χ4v) is 4.93. The summed E-state index contributed by atoms with van der Waals surface area (Å²) < 4.78 is 66.3. The van der Waals surface area contributed by atoms with E-state index in [2.05, 4.69) is 14.7 Å². The summed E-state index contributed by atoms with van der Waals surface area (Å²) in [5, 5.41) is 0.735. The van der Waals surface area contributed by atoms with Gasteiger partial charge in [0, 0.05) is 11.8 Å². The zero-order valence-corrected chi connectivity index (χ0v) is 17.1. The molecule has 5 nitrogen and oxygen atoms in total. The van der Waals surface area contributed by atoms with E-state index in [1.807, 2.05) is 6.07 Å². The van der Waals surface area contributed by atoms with Crippen LogP contribution in [0.25, 0.3) is 20.9 Å². The molecule has 0 saturated carbocycles. The number of hydrogen-bond donors (Lipinski definition) is 1. The fourth-order valence-electron chi connectivity index (χ4n) is 2.85.